The molecule has 0 spiro atoms. The predicted octanol–water partition coefficient (Wildman–Crippen LogP) is 3.25. The summed E-state index contributed by atoms with van der Waals surface area (Å²) >= 11 is 0. The normalized spacial score (nSPS) is 20.7. The number of ketones is 1. The lowest BCUT2D eigenvalue weighted by Gasteiger charge is -2.19. The summed E-state index contributed by atoms with van der Waals surface area (Å²) in [6, 6.07) is 1.99. The average Bonchev–Trinajstić information content (AvgIpc) is 2.63. The number of carbonyl (C=O) groups is 2. The Balaban J connectivity index is 2.57. The van der Waals surface area contributed by atoms with Gasteiger partial charge >= 0.3 is 5.97 Å². The molecule has 0 bridgehead atoms. The summed E-state index contributed by atoms with van der Waals surface area (Å²) < 4.78 is 5.08. The molecule has 1 aromatic carbocycles. The van der Waals surface area contributed by atoms with Gasteiger partial charge in [-0.25, -0.2) is 0 Å². The van der Waals surface area contributed by atoms with Crippen LogP contribution in [0.4, 0.5) is 0 Å². The minimum absolute atomic E-state index is 0.133. The second-order valence-corrected chi connectivity index (χ2v) is 5.53. The number of hydrogen-bond acceptors (Lipinski definition) is 3. The third kappa shape index (κ3) is 1.89. The van der Waals surface area contributed by atoms with Gasteiger partial charge in [0.15, 0.2) is 5.78 Å². The molecule has 0 amide bonds. The monoisotopic (exact) mass is 272 g/mol. The molecule has 0 saturated heterocycles. The third-order valence-corrected chi connectivity index (χ3v) is 4.12. The first-order valence-electron chi connectivity index (χ1n) is 6.84. The van der Waals surface area contributed by atoms with Crippen LogP contribution in [0.25, 0.3) is 6.08 Å². The summed E-state index contributed by atoms with van der Waals surface area (Å²) in [6.07, 6.45) is 2.18. The second kappa shape index (κ2) is 4.89. The van der Waals surface area contributed by atoms with E-state index in [1.807, 2.05) is 19.9 Å². The van der Waals surface area contributed by atoms with E-state index in [2.05, 4.69) is 6.58 Å². The highest BCUT2D eigenvalue weighted by Gasteiger charge is 2.49. The first-order chi connectivity index (χ1) is 9.36. The fraction of sp³-hybridized carbons (Fsp3) is 0.412. The van der Waals surface area contributed by atoms with Gasteiger partial charge in [0, 0.05) is 5.56 Å². The van der Waals surface area contributed by atoms with Crippen LogP contribution in [-0.4, -0.2) is 18.4 Å². The second-order valence-electron chi connectivity index (χ2n) is 5.53. The zero-order valence-corrected chi connectivity index (χ0v) is 12.5. The minimum atomic E-state index is -1.09. The number of esters is 1. The maximum atomic E-state index is 12.7. The number of rotatable bonds is 3. The van der Waals surface area contributed by atoms with Crippen LogP contribution in [0.1, 0.15) is 46.5 Å². The first kappa shape index (κ1) is 14.5. The SMILES string of the molecule is C=Cc1c(C)cc2c(c1C)C(=O)C(C)(C(=O)OCC)C2. The predicted molar refractivity (Wildman–Crippen MR) is 78.8 cm³/mol. The molecule has 0 fully saturated rings. The highest BCUT2D eigenvalue weighted by atomic mass is 16.5. The molecule has 3 heteroatoms. The fourth-order valence-corrected chi connectivity index (χ4v) is 3.04. The molecule has 0 aliphatic heterocycles. The molecular formula is C17H20O3. The molecule has 3 nitrogen and oxygen atoms in total. The Morgan fingerprint density at radius 3 is 2.70 bits per heavy atom. The van der Waals surface area contributed by atoms with Crippen LogP contribution < -0.4 is 0 Å². The van der Waals surface area contributed by atoms with Crippen molar-refractivity contribution in [2.24, 2.45) is 5.41 Å². The van der Waals surface area contributed by atoms with Gasteiger partial charge in [-0.3, -0.25) is 9.59 Å². The highest BCUT2D eigenvalue weighted by Crippen LogP contribution is 2.41. The number of hydrogen-bond donors (Lipinski definition) is 0. The van der Waals surface area contributed by atoms with Crippen molar-refractivity contribution in [3.8, 4) is 0 Å². The molecule has 1 atom stereocenters. The Hall–Kier alpha value is -1.90. The van der Waals surface area contributed by atoms with Crippen LogP contribution in [-0.2, 0) is 16.0 Å². The average molecular weight is 272 g/mol. The molecule has 0 N–H and O–H groups in total. The molecule has 2 rings (SSSR count). The molecule has 1 unspecified atom stereocenters. The van der Waals surface area contributed by atoms with Crippen molar-refractivity contribution >= 4 is 17.8 Å². The van der Waals surface area contributed by atoms with Gasteiger partial charge in [-0.2, -0.15) is 0 Å². The lowest BCUT2D eigenvalue weighted by molar-refractivity contribution is -0.151. The lowest BCUT2D eigenvalue weighted by atomic mass is 9.85. The standard InChI is InChI=1S/C17H20O3/c1-6-13-10(3)8-12-9-17(5,16(19)20-7-2)15(18)14(12)11(13)4/h6,8H,1,7,9H2,2-5H3. The molecule has 0 heterocycles. The number of benzene rings is 1. The smallest absolute Gasteiger partial charge is 0.320 e. The largest absolute Gasteiger partial charge is 0.465 e. The maximum absolute atomic E-state index is 12.7. The van der Waals surface area contributed by atoms with Gasteiger partial charge in [-0.1, -0.05) is 18.7 Å². The van der Waals surface area contributed by atoms with E-state index < -0.39 is 11.4 Å². The first-order valence-corrected chi connectivity index (χ1v) is 6.84. The van der Waals surface area contributed by atoms with Crippen molar-refractivity contribution < 1.29 is 14.3 Å². The summed E-state index contributed by atoms with van der Waals surface area (Å²) in [5.74, 6) is -0.565. The molecule has 0 radical (unpaired) electrons. The number of ether oxygens (including phenoxy) is 1. The Morgan fingerprint density at radius 1 is 1.50 bits per heavy atom. The van der Waals surface area contributed by atoms with Crippen molar-refractivity contribution in [1.29, 1.82) is 0 Å². The summed E-state index contributed by atoms with van der Waals surface area (Å²) in [5.41, 5.74) is 3.48. The number of aryl methyl sites for hydroxylation is 1. The number of Topliss-reactive ketones (excluding diaryl/α,β-unsaturated/α-hetero) is 1. The maximum Gasteiger partial charge on any atom is 0.320 e. The van der Waals surface area contributed by atoms with Crippen LogP contribution >= 0.6 is 0 Å². The highest BCUT2D eigenvalue weighted by molar-refractivity contribution is 6.16. The Labute approximate surface area is 119 Å². The van der Waals surface area contributed by atoms with Crippen molar-refractivity contribution in [2.45, 2.75) is 34.1 Å². The van der Waals surface area contributed by atoms with E-state index in [-0.39, 0.29) is 12.4 Å². The van der Waals surface area contributed by atoms with Crippen molar-refractivity contribution in [3.63, 3.8) is 0 Å². The molecule has 1 aliphatic carbocycles. The minimum Gasteiger partial charge on any atom is -0.465 e. The van der Waals surface area contributed by atoms with Crippen LogP contribution in [0, 0.1) is 19.3 Å². The molecule has 0 saturated carbocycles. The van der Waals surface area contributed by atoms with Gasteiger partial charge in [0.05, 0.1) is 6.61 Å². The van der Waals surface area contributed by atoms with Crippen LogP contribution in [0.15, 0.2) is 12.6 Å². The van der Waals surface area contributed by atoms with Crippen LogP contribution in [0.3, 0.4) is 0 Å². The topological polar surface area (TPSA) is 43.4 Å². The van der Waals surface area contributed by atoms with Gasteiger partial charge in [0.1, 0.15) is 5.41 Å². The van der Waals surface area contributed by atoms with Gasteiger partial charge < -0.3 is 4.74 Å². The molecule has 0 aromatic heterocycles. The summed E-state index contributed by atoms with van der Waals surface area (Å²) in [4.78, 5) is 24.8. The van der Waals surface area contributed by atoms with Crippen LogP contribution in [0.5, 0.6) is 0 Å². The fourth-order valence-electron chi connectivity index (χ4n) is 3.04. The van der Waals surface area contributed by atoms with E-state index >= 15 is 0 Å². The Kier molecular flexibility index (Phi) is 3.55. The molecule has 106 valence electrons. The number of fused-ring (bicyclic) bond motifs is 1. The Bertz CT molecular complexity index is 613. The lowest BCUT2D eigenvalue weighted by Crippen LogP contribution is -2.35. The van der Waals surface area contributed by atoms with Gasteiger partial charge in [-0.15, -0.1) is 0 Å². The van der Waals surface area contributed by atoms with E-state index in [4.69, 9.17) is 4.74 Å². The molecular weight excluding hydrogens is 252 g/mol. The summed E-state index contributed by atoms with van der Waals surface area (Å²) in [5, 5.41) is 0. The van der Waals surface area contributed by atoms with Crippen molar-refractivity contribution in [1.82, 2.24) is 0 Å². The zero-order valence-electron chi connectivity index (χ0n) is 12.5. The molecule has 1 aliphatic rings. The van der Waals surface area contributed by atoms with Crippen molar-refractivity contribution in [3.05, 3.63) is 40.5 Å². The number of carbonyl (C=O) groups excluding carboxylic acids is 2. The zero-order chi connectivity index (χ0) is 15.1. The van der Waals surface area contributed by atoms with E-state index in [9.17, 15) is 9.59 Å². The molecule has 20 heavy (non-hydrogen) atoms. The van der Waals surface area contributed by atoms with Crippen molar-refractivity contribution in [2.75, 3.05) is 6.61 Å². The van der Waals surface area contributed by atoms with E-state index in [0.29, 0.717) is 12.0 Å². The Morgan fingerprint density at radius 2 is 2.15 bits per heavy atom. The van der Waals surface area contributed by atoms with E-state index in [0.717, 1.165) is 22.3 Å². The summed E-state index contributed by atoms with van der Waals surface area (Å²) in [6.45, 7) is 11.4. The van der Waals surface area contributed by atoms with E-state index in [1.165, 1.54) is 0 Å². The summed E-state index contributed by atoms with van der Waals surface area (Å²) in [7, 11) is 0. The van der Waals surface area contributed by atoms with Gasteiger partial charge in [0.2, 0.25) is 0 Å². The quantitative estimate of drug-likeness (QED) is 0.626. The molecule has 1 aromatic rings. The van der Waals surface area contributed by atoms with Gasteiger partial charge in [0.25, 0.3) is 0 Å². The van der Waals surface area contributed by atoms with E-state index in [1.54, 1.807) is 19.9 Å². The van der Waals surface area contributed by atoms with Gasteiger partial charge in [-0.05, 0) is 56.4 Å². The van der Waals surface area contributed by atoms with Crippen LogP contribution in [0.2, 0.25) is 0 Å². The third-order valence-electron chi connectivity index (χ3n) is 4.12.